The fourth-order valence-corrected chi connectivity index (χ4v) is 2.19. The molecule has 1 aromatic carbocycles. The van der Waals surface area contributed by atoms with E-state index in [1.807, 2.05) is 45.0 Å². The average Bonchev–Trinajstić information content (AvgIpc) is 2.23. The van der Waals surface area contributed by atoms with Crippen molar-refractivity contribution in [3.63, 3.8) is 0 Å². The Morgan fingerprint density at radius 1 is 1.42 bits per heavy atom. The van der Waals surface area contributed by atoms with Gasteiger partial charge in [-0.05, 0) is 45.2 Å². The Morgan fingerprint density at radius 2 is 2.11 bits per heavy atom. The van der Waals surface area contributed by atoms with Gasteiger partial charge in [0.25, 0.3) is 0 Å². The van der Waals surface area contributed by atoms with Gasteiger partial charge in [0.1, 0.15) is 5.60 Å². The van der Waals surface area contributed by atoms with Crippen molar-refractivity contribution >= 4 is 11.8 Å². The lowest BCUT2D eigenvalue weighted by atomic mass is 9.95. The van der Waals surface area contributed by atoms with Gasteiger partial charge >= 0.3 is 6.09 Å². The Morgan fingerprint density at radius 3 is 2.63 bits per heavy atom. The zero-order chi connectivity index (χ0) is 14.0. The number of anilines is 1. The summed E-state index contributed by atoms with van der Waals surface area (Å²) in [6.07, 6.45) is 1.58. The third-order valence-corrected chi connectivity index (χ3v) is 3.28. The highest BCUT2D eigenvalue weighted by atomic mass is 16.6. The molecular formula is C15H22N2O2. The van der Waals surface area contributed by atoms with Crippen molar-refractivity contribution in [1.29, 1.82) is 0 Å². The van der Waals surface area contributed by atoms with Gasteiger partial charge in [0, 0.05) is 18.3 Å². The van der Waals surface area contributed by atoms with Crippen LogP contribution in [0.4, 0.5) is 10.5 Å². The summed E-state index contributed by atoms with van der Waals surface area (Å²) in [7, 11) is 0. The highest BCUT2D eigenvalue weighted by molar-refractivity contribution is 5.69. The number of carbonyl (C=O) groups is 1. The predicted molar refractivity (Wildman–Crippen MR) is 75.9 cm³/mol. The van der Waals surface area contributed by atoms with Gasteiger partial charge in [-0.3, -0.25) is 0 Å². The molecule has 1 amide bonds. The van der Waals surface area contributed by atoms with Crippen molar-refractivity contribution in [2.24, 2.45) is 0 Å². The van der Waals surface area contributed by atoms with E-state index in [0.717, 1.165) is 30.6 Å². The number of benzene rings is 1. The molecule has 1 saturated heterocycles. The van der Waals surface area contributed by atoms with E-state index in [1.165, 1.54) is 0 Å². The average molecular weight is 262 g/mol. The Kier molecular flexibility index (Phi) is 3.69. The Labute approximate surface area is 114 Å². The van der Waals surface area contributed by atoms with Crippen LogP contribution in [0.1, 0.15) is 32.8 Å². The van der Waals surface area contributed by atoms with Crippen LogP contribution in [0.15, 0.2) is 24.3 Å². The van der Waals surface area contributed by atoms with Crippen LogP contribution in [0.25, 0.3) is 0 Å². The van der Waals surface area contributed by atoms with Gasteiger partial charge in [-0.2, -0.15) is 0 Å². The van der Waals surface area contributed by atoms with Crippen LogP contribution < -0.4 is 5.73 Å². The molecule has 1 fully saturated rings. The predicted octanol–water partition coefficient (Wildman–Crippen LogP) is 2.82. The third kappa shape index (κ3) is 3.40. The molecule has 104 valence electrons. The zero-order valence-corrected chi connectivity index (χ0v) is 11.8. The molecule has 4 nitrogen and oxygen atoms in total. The highest BCUT2D eigenvalue weighted by Crippen LogP contribution is 2.26. The summed E-state index contributed by atoms with van der Waals surface area (Å²) in [6, 6.07) is 8.01. The van der Waals surface area contributed by atoms with Gasteiger partial charge in [0.05, 0.1) is 0 Å². The Balaban J connectivity index is 1.96. The SMILES string of the molecule is CC(C)(C)OC(=O)N1CCC1Cc1ccccc1N. The van der Waals surface area contributed by atoms with E-state index in [2.05, 4.69) is 0 Å². The molecule has 1 aliphatic rings. The largest absolute Gasteiger partial charge is 0.444 e. The minimum atomic E-state index is -0.441. The van der Waals surface area contributed by atoms with Gasteiger partial charge in [-0.25, -0.2) is 4.79 Å². The molecule has 2 N–H and O–H groups in total. The minimum absolute atomic E-state index is 0.208. The number of para-hydroxylation sites is 1. The second-order valence-corrected chi connectivity index (χ2v) is 6.02. The number of hydrogen-bond acceptors (Lipinski definition) is 3. The molecule has 0 aromatic heterocycles. The number of amides is 1. The van der Waals surface area contributed by atoms with Crippen LogP contribution in [0, 0.1) is 0 Å². The molecule has 1 aromatic rings. The summed E-state index contributed by atoms with van der Waals surface area (Å²) in [6.45, 7) is 6.42. The summed E-state index contributed by atoms with van der Waals surface area (Å²) in [5, 5.41) is 0. The number of hydrogen-bond donors (Lipinski definition) is 1. The first-order valence-corrected chi connectivity index (χ1v) is 6.70. The van der Waals surface area contributed by atoms with Crippen LogP contribution >= 0.6 is 0 Å². The first-order chi connectivity index (χ1) is 8.87. The molecule has 1 heterocycles. The van der Waals surface area contributed by atoms with Gasteiger partial charge in [0.2, 0.25) is 0 Å². The van der Waals surface area contributed by atoms with E-state index in [0.29, 0.717) is 0 Å². The second-order valence-electron chi connectivity index (χ2n) is 6.02. The summed E-state index contributed by atoms with van der Waals surface area (Å²) in [5.41, 5.74) is 7.38. The minimum Gasteiger partial charge on any atom is -0.444 e. The van der Waals surface area contributed by atoms with E-state index >= 15 is 0 Å². The number of nitrogens with zero attached hydrogens (tertiary/aromatic N) is 1. The lowest BCUT2D eigenvalue weighted by Crippen LogP contribution is -2.53. The number of likely N-dealkylation sites (tertiary alicyclic amines) is 1. The smallest absolute Gasteiger partial charge is 0.410 e. The first-order valence-electron chi connectivity index (χ1n) is 6.70. The van der Waals surface area contributed by atoms with Gasteiger partial charge in [0.15, 0.2) is 0 Å². The number of ether oxygens (including phenoxy) is 1. The molecule has 0 saturated carbocycles. The van der Waals surface area contributed by atoms with Crippen LogP contribution in [0.3, 0.4) is 0 Å². The van der Waals surface area contributed by atoms with Crippen LogP contribution in [0.2, 0.25) is 0 Å². The van der Waals surface area contributed by atoms with Gasteiger partial charge in [-0.15, -0.1) is 0 Å². The summed E-state index contributed by atoms with van der Waals surface area (Å²) in [5.74, 6) is 0. The molecule has 0 aliphatic carbocycles. The standard InChI is InChI=1S/C15H22N2O2/c1-15(2,3)19-14(18)17-9-8-12(17)10-11-6-4-5-7-13(11)16/h4-7,12H,8-10,16H2,1-3H3. The number of nitrogens with two attached hydrogens (primary N) is 1. The number of carbonyl (C=O) groups excluding carboxylic acids is 1. The monoisotopic (exact) mass is 262 g/mol. The summed E-state index contributed by atoms with van der Waals surface area (Å²) >= 11 is 0. The first kappa shape index (κ1) is 13.7. The molecule has 1 atom stereocenters. The second kappa shape index (κ2) is 5.11. The van der Waals surface area contributed by atoms with Gasteiger partial charge in [-0.1, -0.05) is 18.2 Å². The molecule has 2 rings (SSSR count). The lowest BCUT2D eigenvalue weighted by molar-refractivity contribution is -0.00496. The highest BCUT2D eigenvalue weighted by Gasteiger charge is 2.35. The molecule has 1 aliphatic heterocycles. The van der Waals surface area contributed by atoms with Crippen LogP contribution in [-0.2, 0) is 11.2 Å². The van der Waals surface area contributed by atoms with Gasteiger partial charge < -0.3 is 15.4 Å². The third-order valence-electron chi connectivity index (χ3n) is 3.28. The quantitative estimate of drug-likeness (QED) is 0.834. The van der Waals surface area contributed by atoms with Crippen LogP contribution in [-0.4, -0.2) is 29.2 Å². The molecule has 19 heavy (non-hydrogen) atoms. The van der Waals surface area contributed by atoms with E-state index in [-0.39, 0.29) is 12.1 Å². The maximum Gasteiger partial charge on any atom is 0.410 e. The van der Waals surface area contributed by atoms with E-state index in [9.17, 15) is 4.79 Å². The zero-order valence-electron chi connectivity index (χ0n) is 11.8. The Bertz CT molecular complexity index is 465. The normalized spacial score (nSPS) is 18.9. The van der Waals surface area contributed by atoms with Crippen molar-refractivity contribution in [2.45, 2.75) is 45.3 Å². The topological polar surface area (TPSA) is 55.6 Å². The van der Waals surface area contributed by atoms with Crippen LogP contribution in [0.5, 0.6) is 0 Å². The van der Waals surface area contributed by atoms with Crippen molar-refractivity contribution in [3.8, 4) is 0 Å². The van der Waals surface area contributed by atoms with E-state index in [1.54, 1.807) is 4.90 Å². The van der Waals surface area contributed by atoms with Crippen molar-refractivity contribution in [3.05, 3.63) is 29.8 Å². The molecular weight excluding hydrogens is 240 g/mol. The fourth-order valence-electron chi connectivity index (χ4n) is 2.19. The number of nitrogen functional groups attached to an aromatic ring is 1. The molecule has 0 spiro atoms. The molecule has 4 heteroatoms. The summed E-state index contributed by atoms with van der Waals surface area (Å²) < 4.78 is 5.40. The Hall–Kier alpha value is -1.71. The van der Waals surface area contributed by atoms with E-state index in [4.69, 9.17) is 10.5 Å². The number of rotatable bonds is 2. The maximum absolute atomic E-state index is 12.0. The maximum atomic E-state index is 12.0. The lowest BCUT2D eigenvalue weighted by Gasteiger charge is -2.41. The summed E-state index contributed by atoms with van der Waals surface area (Å²) in [4.78, 5) is 13.8. The molecule has 1 unspecified atom stereocenters. The fraction of sp³-hybridized carbons (Fsp3) is 0.533. The van der Waals surface area contributed by atoms with Crippen molar-refractivity contribution < 1.29 is 9.53 Å². The van der Waals surface area contributed by atoms with Crippen molar-refractivity contribution in [2.75, 3.05) is 12.3 Å². The van der Waals surface area contributed by atoms with Crippen molar-refractivity contribution in [1.82, 2.24) is 4.90 Å². The molecule has 0 bridgehead atoms. The molecule has 0 radical (unpaired) electrons. The van der Waals surface area contributed by atoms with E-state index < -0.39 is 5.60 Å².